The number of benzene rings is 2. The predicted octanol–water partition coefficient (Wildman–Crippen LogP) is 5.66. The van der Waals surface area contributed by atoms with E-state index >= 15 is 0 Å². The summed E-state index contributed by atoms with van der Waals surface area (Å²) < 4.78 is 1.21. The lowest BCUT2D eigenvalue weighted by atomic mass is 9.82. The van der Waals surface area contributed by atoms with E-state index in [1.54, 1.807) is 11.3 Å². The Morgan fingerprint density at radius 3 is 2.59 bits per heavy atom. The van der Waals surface area contributed by atoms with Gasteiger partial charge in [0.1, 0.15) is 0 Å². The Morgan fingerprint density at radius 2 is 1.79 bits per heavy atom. The molecule has 0 N–H and O–H groups in total. The van der Waals surface area contributed by atoms with Crippen molar-refractivity contribution in [3.05, 3.63) is 83.4 Å². The molecule has 1 aliphatic heterocycles. The molecule has 0 bridgehead atoms. The van der Waals surface area contributed by atoms with E-state index in [0.717, 1.165) is 36.3 Å². The summed E-state index contributed by atoms with van der Waals surface area (Å²) >= 11 is 1.74. The van der Waals surface area contributed by atoms with E-state index in [0.29, 0.717) is 6.54 Å². The fourth-order valence-electron chi connectivity index (χ4n) is 4.43. The molecule has 2 aliphatic rings. The van der Waals surface area contributed by atoms with Crippen molar-refractivity contribution in [2.75, 3.05) is 13.1 Å². The number of thiazole rings is 1. The molecule has 29 heavy (non-hydrogen) atoms. The number of carbonyl (C=O) groups is 1. The average molecular weight is 401 g/mol. The molecule has 1 aliphatic carbocycles. The fourth-order valence-corrected chi connectivity index (χ4v) is 5.57. The predicted molar refractivity (Wildman–Crippen MR) is 120 cm³/mol. The van der Waals surface area contributed by atoms with E-state index < -0.39 is 0 Å². The van der Waals surface area contributed by atoms with Gasteiger partial charge in [0, 0.05) is 19.0 Å². The minimum Gasteiger partial charge on any atom is -0.338 e. The van der Waals surface area contributed by atoms with Crippen LogP contribution in [0.3, 0.4) is 0 Å². The van der Waals surface area contributed by atoms with E-state index in [9.17, 15) is 4.79 Å². The molecule has 0 fully saturated rings. The van der Waals surface area contributed by atoms with E-state index in [-0.39, 0.29) is 17.7 Å². The summed E-state index contributed by atoms with van der Waals surface area (Å²) in [5.74, 6) is 0.457. The minimum atomic E-state index is -0.00719. The molecule has 2 atom stereocenters. The molecule has 0 saturated carbocycles. The van der Waals surface area contributed by atoms with Crippen LogP contribution in [0, 0.1) is 5.92 Å². The number of allylic oxidation sites excluding steroid dienone is 2. The van der Waals surface area contributed by atoms with E-state index in [2.05, 4.69) is 60.7 Å². The highest BCUT2D eigenvalue weighted by Gasteiger charge is 2.35. The number of nitrogens with zero attached hydrogens (tertiary/aromatic N) is 2. The minimum absolute atomic E-state index is 0.00719. The molecule has 3 nitrogen and oxygen atoms in total. The SMILES string of the molecule is O=C([C@H]1CC=CC[C@H]1c1nc2ccccc2s1)N1CC=C(c2ccccc2)CC1. The van der Waals surface area contributed by atoms with Crippen LogP contribution in [0.25, 0.3) is 15.8 Å². The Kier molecular flexibility index (Phi) is 5.03. The molecular formula is C25H24N2OS. The maximum absolute atomic E-state index is 13.4. The topological polar surface area (TPSA) is 33.2 Å². The number of fused-ring (bicyclic) bond motifs is 1. The lowest BCUT2D eigenvalue weighted by molar-refractivity contribution is -0.136. The molecule has 5 rings (SSSR count). The van der Waals surface area contributed by atoms with Crippen molar-refractivity contribution in [3.63, 3.8) is 0 Å². The summed E-state index contributed by atoms with van der Waals surface area (Å²) in [6.07, 6.45) is 9.23. The van der Waals surface area contributed by atoms with Gasteiger partial charge < -0.3 is 4.90 Å². The van der Waals surface area contributed by atoms with Crippen LogP contribution in [-0.2, 0) is 4.79 Å². The summed E-state index contributed by atoms with van der Waals surface area (Å²) in [6.45, 7) is 1.50. The number of hydrogen-bond acceptors (Lipinski definition) is 3. The molecule has 4 heteroatoms. The Balaban J connectivity index is 1.35. The number of carbonyl (C=O) groups excluding carboxylic acids is 1. The maximum Gasteiger partial charge on any atom is 0.227 e. The van der Waals surface area contributed by atoms with Crippen molar-refractivity contribution in [2.45, 2.75) is 25.2 Å². The van der Waals surface area contributed by atoms with E-state index in [1.165, 1.54) is 15.8 Å². The van der Waals surface area contributed by atoms with Crippen molar-refractivity contribution < 1.29 is 4.79 Å². The molecule has 2 heterocycles. The average Bonchev–Trinajstić information content (AvgIpc) is 3.23. The van der Waals surface area contributed by atoms with Crippen LogP contribution >= 0.6 is 11.3 Å². The van der Waals surface area contributed by atoms with Gasteiger partial charge in [-0.3, -0.25) is 4.79 Å². The molecule has 2 aromatic carbocycles. The second-order valence-electron chi connectivity index (χ2n) is 7.81. The van der Waals surface area contributed by atoms with Gasteiger partial charge in [-0.1, -0.05) is 60.7 Å². The Bertz CT molecular complexity index is 1050. The number of aromatic nitrogens is 1. The molecular weight excluding hydrogens is 376 g/mol. The summed E-state index contributed by atoms with van der Waals surface area (Å²) in [4.78, 5) is 20.3. The van der Waals surface area contributed by atoms with Crippen LogP contribution in [-0.4, -0.2) is 28.9 Å². The van der Waals surface area contributed by atoms with Gasteiger partial charge in [-0.2, -0.15) is 0 Å². The molecule has 0 saturated heterocycles. The number of para-hydroxylation sites is 1. The molecule has 146 valence electrons. The third-order valence-corrected chi connectivity index (χ3v) is 7.21. The van der Waals surface area contributed by atoms with Gasteiger partial charge in [0.15, 0.2) is 0 Å². The third-order valence-electron chi connectivity index (χ3n) is 6.04. The first-order valence-electron chi connectivity index (χ1n) is 10.3. The zero-order chi connectivity index (χ0) is 19.6. The van der Waals surface area contributed by atoms with Gasteiger partial charge in [0.25, 0.3) is 0 Å². The van der Waals surface area contributed by atoms with Crippen LogP contribution in [0.4, 0.5) is 0 Å². The second-order valence-corrected chi connectivity index (χ2v) is 8.87. The quantitative estimate of drug-likeness (QED) is 0.531. The van der Waals surface area contributed by atoms with Gasteiger partial charge in [-0.25, -0.2) is 4.98 Å². The standard InChI is InChI=1S/C25H24N2OS/c28-25(27-16-14-19(15-17-27)18-8-2-1-3-9-18)21-11-5-4-10-20(21)24-26-22-12-6-7-13-23(22)29-24/h1-9,12-14,20-21H,10-11,15-17H2/t20-,21+/m1/s1. The van der Waals surface area contributed by atoms with Crippen molar-refractivity contribution in [1.29, 1.82) is 0 Å². The van der Waals surface area contributed by atoms with Crippen molar-refractivity contribution in [1.82, 2.24) is 9.88 Å². The largest absolute Gasteiger partial charge is 0.338 e. The molecule has 0 spiro atoms. The fraction of sp³-hybridized carbons (Fsp3) is 0.280. The molecule has 1 aromatic heterocycles. The van der Waals surface area contributed by atoms with Crippen LogP contribution in [0.2, 0.25) is 0 Å². The van der Waals surface area contributed by atoms with Gasteiger partial charge in [0.2, 0.25) is 5.91 Å². The number of hydrogen-bond donors (Lipinski definition) is 0. The highest BCUT2D eigenvalue weighted by Crippen LogP contribution is 2.39. The summed E-state index contributed by atoms with van der Waals surface area (Å²) in [5.41, 5.74) is 3.66. The number of rotatable bonds is 3. The highest BCUT2D eigenvalue weighted by molar-refractivity contribution is 7.18. The third kappa shape index (κ3) is 3.65. The summed E-state index contributed by atoms with van der Waals surface area (Å²) in [5, 5.41) is 1.10. The Hall–Kier alpha value is -2.72. The lowest BCUT2D eigenvalue weighted by Crippen LogP contribution is -2.41. The van der Waals surface area contributed by atoms with Crippen molar-refractivity contribution in [2.24, 2.45) is 5.92 Å². The van der Waals surface area contributed by atoms with Crippen LogP contribution in [0.5, 0.6) is 0 Å². The van der Waals surface area contributed by atoms with Crippen molar-refractivity contribution >= 4 is 33.0 Å². The summed E-state index contributed by atoms with van der Waals surface area (Å²) in [6, 6.07) is 18.8. The number of amides is 1. The maximum atomic E-state index is 13.4. The monoisotopic (exact) mass is 400 g/mol. The normalized spacial score (nSPS) is 21.9. The van der Waals surface area contributed by atoms with E-state index in [4.69, 9.17) is 4.98 Å². The first kappa shape index (κ1) is 18.3. The molecule has 0 radical (unpaired) electrons. The first-order chi connectivity index (χ1) is 14.3. The molecule has 3 aromatic rings. The highest BCUT2D eigenvalue weighted by atomic mass is 32.1. The second kappa shape index (κ2) is 7.96. The zero-order valence-electron chi connectivity index (χ0n) is 16.3. The van der Waals surface area contributed by atoms with Crippen LogP contribution in [0.15, 0.2) is 72.8 Å². The van der Waals surface area contributed by atoms with Gasteiger partial charge in [-0.05, 0) is 42.5 Å². The lowest BCUT2D eigenvalue weighted by Gasteiger charge is -2.33. The Morgan fingerprint density at radius 1 is 1.00 bits per heavy atom. The van der Waals surface area contributed by atoms with Crippen molar-refractivity contribution in [3.8, 4) is 0 Å². The molecule has 0 unspecified atom stereocenters. The van der Waals surface area contributed by atoms with Crippen LogP contribution < -0.4 is 0 Å². The molecule has 1 amide bonds. The van der Waals surface area contributed by atoms with Crippen LogP contribution in [0.1, 0.15) is 35.8 Å². The van der Waals surface area contributed by atoms with Gasteiger partial charge >= 0.3 is 0 Å². The first-order valence-corrected chi connectivity index (χ1v) is 11.1. The van der Waals surface area contributed by atoms with E-state index in [1.807, 2.05) is 17.0 Å². The van der Waals surface area contributed by atoms with Gasteiger partial charge in [-0.15, -0.1) is 11.3 Å². The van der Waals surface area contributed by atoms with Gasteiger partial charge in [0.05, 0.1) is 21.1 Å². The summed E-state index contributed by atoms with van der Waals surface area (Å²) in [7, 11) is 0. The zero-order valence-corrected chi connectivity index (χ0v) is 17.1. The Labute approximate surface area is 175 Å². The smallest absolute Gasteiger partial charge is 0.227 e.